The summed E-state index contributed by atoms with van der Waals surface area (Å²) in [6.07, 6.45) is 0.931. The molecule has 2 aromatic carbocycles. The summed E-state index contributed by atoms with van der Waals surface area (Å²) in [5.74, 6) is -0.912. The van der Waals surface area contributed by atoms with Gasteiger partial charge in [-0.3, -0.25) is 4.79 Å². The maximum Gasteiger partial charge on any atom is 0.259 e. The predicted octanol–water partition coefficient (Wildman–Crippen LogP) is 3.52. The van der Waals surface area contributed by atoms with E-state index in [1.54, 1.807) is 20.2 Å². The molecule has 0 spiro atoms. The average Bonchev–Trinajstić information content (AvgIpc) is 2.75. The molecule has 0 radical (unpaired) electrons. The van der Waals surface area contributed by atoms with Crippen LogP contribution in [0.15, 0.2) is 47.5 Å². The summed E-state index contributed by atoms with van der Waals surface area (Å²) >= 11 is 12.1. The van der Waals surface area contributed by atoms with Crippen LogP contribution in [-0.4, -0.2) is 49.9 Å². The first-order chi connectivity index (χ1) is 15.9. The second-order valence-corrected chi connectivity index (χ2v) is 9.40. The normalized spacial score (nSPS) is 11.1. The van der Waals surface area contributed by atoms with Gasteiger partial charge in [0, 0.05) is 25.5 Å². The molecule has 0 aliphatic heterocycles. The molecule has 1 heterocycles. The topological polar surface area (TPSA) is 140 Å². The fraction of sp³-hybridized carbons (Fsp3) is 0.150. The third kappa shape index (κ3) is 6.44. The summed E-state index contributed by atoms with van der Waals surface area (Å²) in [5.41, 5.74) is 0.658. The molecule has 0 fully saturated rings. The Kier molecular flexibility index (Phi) is 7.77. The first-order valence-corrected chi connectivity index (χ1v) is 11.8. The Morgan fingerprint density at radius 2 is 1.79 bits per heavy atom. The number of halogens is 3. The number of nitrogens with two attached hydrogens (primary N) is 1. The van der Waals surface area contributed by atoms with Gasteiger partial charge in [0.15, 0.2) is 18.2 Å². The Morgan fingerprint density at radius 1 is 1.12 bits per heavy atom. The van der Waals surface area contributed by atoms with Crippen LogP contribution in [0, 0.1) is 5.82 Å². The molecule has 0 unspecified atom stereocenters. The Hall–Kier alpha value is -3.19. The number of nitrogens with zero attached hydrogens (tertiary/aromatic N) is 3. The maximum absolute atomic E-state index is 14.3. The Balaban J connectivity index is 1.77. The molecule has 0 saturated carbocycles. The number of nitrogens with one attached hydrogen (secondary N) is 2. The van der Waals surface area contributed by atoms with E-state index in [0.717, 1.165) is 6.20 Å². The number of hydrogen-bond acceptors (Lipinski definition) is 8. The highest BCUT2D eigenvalue weighted by atomic mass is 35.5. The minimum Gasteiger partial charge on any atom is -0.482 e. The van der Waals surface area contributed by atoms with E-state index < -0.39 is 15.8 Å². The lowest BCUT2D eigenvalue weighted by atomic mass is 10.3. The van der Waals surface area contributed by atoms with Crippen LogP contribution >= 0.6 is 23.2 Å². The van der Waals surface area contributed by atoms with Crippen molar-refractivity contribution in [1.29, 1.82) is 0 Å². The zero-order valence-corrected chi connectivity index (χ0v) is 20.2. The maximum atomic E-state index is 14.3. The minimum atomic E-state index is -4.05. The molecule has 1 aromatic heterocycles. The third-order valence-corrected chi connectivity index (χ3v) is 5.97. The van der Waals surface area contributed by atoms with E-state index in [9.17, 15) is 17.6 Å². The van der Waals surface area contributed by atoms with Crippen molar-refractivity contribution >= 4 is 62.3 Å². The van der Waals surface area contributed by atoms with Crippen LogP contribution in [0.25, 0.3) is 0 Å². The average molecular weight is 529 g/mol. The Morgan fingerprint density at radius 3 is 2.44 bits per heavy atom. The SMILES string of the molecule is CN(C)C(=O)COc1ccc(Nc2nc(Nc3ccc(Cl)c(S(N)(=O)=O)c3)ncc2F)cc1Cl. The Bertz CT molecular complexity index is 1340. The number of likely N-dealkylation sites (N-methyl/N-ethyl adjacent to an activating group) is 1. The molecular weight excluding hydrogens is 510 g/mol. The van der Waals surface area contributed by atoms with E-state index in [-0.39, 0.29) is 50.7 Å². The van der Waals surface area contributed by atoms with Crippen molar-refractivity contribution in [2.24, 2.45) is 5.14 Å². The van der Waals surface area contributed by atoms with Crippen LogP contribution in [0.2, 0.25) is 10.0 Å². The highest BCUT2D eigenvalue weighted by Crippen LogP contribution is 2.30. The number of hydrogen-bond donors (Lipinski definition) is 3. The number of primary sulfonamides is 1. The second kappa shape index (κ2) is 10.4. The number of amides is 1. The summed E-state index contributed by atoms with van der Waals surface area (Å²) in [4.78, 5) is 20.7. The zero-order chi connectivity index (χ0) is 25.0. The molecule has 4 N–H and O–H groups in total. The molecule has 3 aromatic rings. The van der Waals surface area contributed by atoms with Crippen LogP contribution in [0.5, 0.6) is 5.75 Å². The molecule has 0 bridgehead atoms. The summed E-state index contributed by atoms with van der Waals surface area (Å²) < 4.78 is 43.0. The van der Waals surface area contributed by atoms with Crippen LogP contribution in [0.1, 0.15) is 0 Å². The van der Waals surface area contributed by atoms with Crippen molar-refractivity contribution in [2.75, 3.05) is 31.3 Å². The van der Waals surface area contributed by atoms with E-state index in [1.807, 2.05) is 0 Å². The van der Waals surface area contributed by atoms with E-state index >= 15 is 0 Å². The fourth-order valence-electron chi connectivity index (χ4n) is 2.54. The highest BCUT2D eigenvalue weighted by Gasteiger charge is 2.15. The third-order valence-electron chi connectivity index (χ3n) is 4.28. The first kappa shape index (κ1) is 25.4. The number of ether oxygens (including phenoxy) is 1. The largest absolute Gasteiger partial charge is 0.482 e. The molecule has 180 valence electrons. The summed E-state index contributed by atoms with van der Waals surface area (Å²) in [6.45, 7) is -0.188. The van der Waals surface area contributed by atoms with E-state index in [0.29, 0.717) is 5.69 Å². The number of carbonyl (C=O) groups is 1. The van der Waals surface area contributed by atoms with Crippen LogP contribution in [0.4, 0.5) is 27.5 Å². The lowest BCUT2D eigenvalue weighted by Gasteiger charge is -2.14. The van der Waals surface area contributed by atoms with Gasteiger partial charge in [-0.2, -0.15) is 4.98 Å². The number of carbonyl (C=O) groups excluding carboxylic acids is 1. The monoisotopic (exact) mass is 528 g/mol. The van der Waals surface area contributed by atoms with Crippen molar-refractivity contribution in [3.05, 3.63) is 58.5 Å². The highest BCUT2D eigenvalue weighted by molar-refractivity contribution is 7.89. The second-order valence-electron chi connectivity index (χ2n) is 7.05. The number of aromatic nitrogens is 2. The first-order valence-electron chi connectivity index (χ1n) is 9.45. The predicted molar refractivity (Wildman–Crippen MR) is 127 cm³/mol. The Labute approximate surface area is 204 Å². The van der Waals surface area contributed by atoms with Gasteiger partial charge in [-0.25, -0.2) is 22.9 Å². The lowest BCUT2D eigenvalue weighted by Crippen LogP contribution is -2.27. The molecule has 0 aliphatic rings. The number of benzene rings is 2. The van der Waals surface area contributed by atoms with Crippen molar-refractivity contribution in [3.8, 4) is 5.75 Å². The van der Waals surface area contributed by atoms with Gasteiger partial charge >= 0.3 is 0 Å². The quantitative estimate of drug-likeness (QED) is 0.403. The summed E-state index contributed by atoms with van der Waals surface area (Å²) in [6, 6.07) is 8.59. The molecule has 3 rings (SSSR count). The molecule has 34 heavy (non-hydrogen) atoms. The minimum absolute atomic E-state index is 0.0279. The van der Waals surface area contributed by atoms with Gasteiger partial charge in [-0.1, -0.05) is 23.2 Å². The molecule has 0 atom stereocenters. The van der Waals surface area contributed by atoms with E-state index in [4.69, 9.17) is 33.1 Å². The van der Waals surface area contributed by atoms with Crippen molar-refractivity contribution < 1.29 is 22.3 Å². The summed E-state index contributed by atoms with van der Waals surface area (Å²) in [7, 11) is -0.848. The molecule has 0 saturated heterocycles. The van der Waals surface area contributed by atoms with Crippen molar-refractivity contribution in [2.45, 2.75) is 4.90 Å². The molecule has 10 nitrogen and oxygen atoms in total. The number of anilines is 4. The van der Waals surface area contributed by atoms with Gasteiger partial charge in [0.2, 0.25) is 16.0 Å². The summed E-state index contributed by atoms with van der Waals surface area (Å²) in [5, 5.41) is 10.8. The van der Waals surface area contributed by atoms with Gasteiger partial charge in [-0.05, 0) is 36.4 Å². The van der Waals surface area contributed by atoms with E-state index in [2.05, 4.69) is 20.6 Å². The van der Waals surface area contributed by atoms with E-state index in [1.165, 1.54) is 35.2 Å². The lowest BCUT2D eigenvalue weighted by molar-refractivity contribution is -0.130. The number of rotatable bonds is 8. The standard InChI is InChI=1S/C20H19Cl2FN6O4S/c1-29(2)18(30)10-33-16-6-4-11(7-14(16)22)26-19-15(23)9-25-20(28-19)27-12-3-5-13(21)17(8-12)34(24,31)32/h3-9H,10H2,1-2H3,(H2,24,31,32)(H2,25,26,27,28). The van der Waals surface area contributed by atoms with Gasteiger partial charge in [0.05, 0.1) is 16.2 Å². The van der Waals surface area contributed by atoms with Crippen LogP contribution in [-0.2, 0) is 14.8 Å². The van der Waals surface area contributed by atoms with Gasteiger partial charge in [-0.15, -0.1) is 0 Å². The van der Waals surface area contributed by atoms with Crippen LogP contribution in [0.3, 0.4) is 0 Å². The molecule has 0 aliphatic carbocycles. The molecule has 1 amide bonds. The molecular formula is C20H19Cl2FN6O4S. The van der Waals surface area contributed by atoms with Crippen molar-refractivity contribution in [3.63, 3.8) is 0 Å². The molecule has 14 heteroatoms. The zero-order valence-electron chi connectivity index (χ0n) is 17.8. The number of sulfonamides is 1. The van der Waals surface area contributed by atoms with Gasteiger partial charge < -0.3 is 20.3 Å². The van der Waals surface area contributed by atoms with Crippen LogP contribution < -0.4 is 20.5 Å². The van der Waals surface area contributed by atoms with Gasteiger partial charge in [0.25, 0.3) is 5.91 Å². The smallest absolute Gasteiger partial charge is 0.259 e. The van der Waals surface area contributed by atoms with Crippen molar-refractivity contribution in [1.82, 2.24) is 14.9 Å². The van der Waals surface area contributed by atoms with Gasteiger partial charge in [0.1, 0.15) is 10.6 Å². The fourth-order valence-corrected chi connectivity index (χ4v) is 3.85.